The zero-order valence-corrected chi connectivity index (χ0v) is 72.6. The van der Waals surface area contributed by atoms with E-state index in [2.05, 4.69) is 55.4 Å². The number of ether oxygens (including phenoxy) is 4. The maximum atomic E-state index is 13.2. The fourth-order valence-electron chi connectivity index (χ4n) is 13.7. The third-order valence-electron chi connectivity index (χ3n) is 20.6. The number of carbonyl (C=O) groups excluding carboxylic acids is 4. The van der Waals surface area contributed by atoms with Crippen LogP contribution in [0.2, 0.25) is 0 Å². The predicted molar refractivity (Wildman–Crippen MR) is 441 cm³/mol. The first-order chi connectivity index (χ1) is 51.6. The number of aliphatic hydroxyl groups excluding tert-OH is 1. The van der Waals surface area contributed by atoms with E-state index in [9.17, 15) is 43.2 Å². The normalized spacial score (nSPS) is 13.9. The molecule has 0 aliphatic carbocycles. The van der Waals surface area contributed by atoms with Gasteiger partial charge in [0.05, 0.1) is 26.4 Å². The van der Waals surface area contributed by atoms with Gasteiger partial charge in [-0.1, -0.05) is 409 Å². The summed E-state index contributed by atoms with van der Waals surface area (Å²) < 4.78 is 69.0. The lowest BCUT2D eigenvalue weighted by atomic mass is 10.0. The molecule has 19 heteroatoms. The number of hydrogen-bond donors (Lipinski definition) is 3. The van der Waals surface area contributed by atoms with E-state index in [0.29, 0.717) is 25.7 Å². The van der Waals surface area contributed by atoms with Gasteiger partial charge in [-0.05, 0) is 49.4 Å². The summed E-state index contributed by atoms with van der Waals surface area (Å²) in [5.41, 5.74) is 0. The highest BCUT2D eigenvalue weighted by Gasteiger charge is 2.31. The van der Waals surface area contributed by atoms with E-state index in [1.165, 1.54) is 263 Å². The van der Waals surface area contributed by atoms with Crippen molar-refractivity contribution in [3.05, 3.63) is 0 Å². The first-order valence-corrected chi connectivity index (χ1v) is 48.2. The minimum atomic E-state index is -4.97. The molecular weight excluding hydrogens is 1390 g/mol. The molecule has 0 aromatic rings. The Morgan fingerprint density at radius 1 is 0.234 bits per heavy atom. The Morgan fingerprint density at radius 2 is 0.393 bits per heavy atom. The Balaban J connectivity index is 5.26. The van der Waals surface area contributed by atoms with Crippen molar-refractivity contribution >= 4 is 39.5 Å². The summed E-state index contributed by atoms with van der Waals surface area (Å²) in [7, 11) is -9.93. The summed E-state index contributed by atoms with van der Waals surface area (Å²) in [6.07, 6.45) is 66.6. The highest BCUT2D eigenvalue weighted by molar-refractivity contribution is 7.47. The second-order valence-corrected chi connectivity index (χ2v) is 36.4. The Kier molecular flexibility index (Phi) is 75.3. The molecule has 0 aliphatic rings. The number of carbonyl (C=O) groups is 4. The van der Waals surface area contributed by atoms with Crippen LogP contribution in [0.3, 0.4) is 0 Å². The van der Waals surface area contributed by atoms with E-state index in [0.717, 1.165) is 114 Å². The van der Waals surface area contributed by atoms with E-state index in [-0.39, 0.29) is 25.7 Å². The lowest BCUT2D eigenvalue weighted by Crippen LogP contribution is -2.30. The zero-order chi connectivity index (χ0) is 78.8. The maximum Gasteiger partial charge on any atom is 0.472 e. The van der Waals surface area contributed by atoms with Crippen molar-refractivity contribution in [2.24, 2.45) is 23.7 Å². The molecule has 0 amide bonds. The minimum Gasteiger partial charge on any atom is -0.462 e. The average Bonchev–Trinajstić information content (AvgIpc) is 0.899. The van der Waals surface area contributed by atoms with Gasteiger partial charge in [0.15, 0.2) is 12.2 Å². The number of phosphoric acid groups is 2. The van der Waals surface area contributed by atoms with Gasteiger partial charge < -0.3 is 33.8 Å². The van der Waals surface area contributed by atoms with Gasteiger partial charge in [0, 0.05) is 25.7 Å². The minimum absolute atomic E-state index is 0.107. The topological polar surface area (TPSA) is 237 Å². The Morgan fingerprint density at radius 3 is 0.579 bits per heavy atom. The summed E-state index contributed by atoms with van der Waals surface area (Å²) in [6, 6.07) is 0. The molecule has 0 aliphatic heterocycles. The van der Waals surface area contributed by atoms with E-state index >= 15 is 0 Å². The second kappa shape index (κ2) is 76.7. The first kappa shape index (κ1) is 105. The van der Waals surface area contributed by atoms with Crippen molar-refractivity contribution in [3.8, 4) is 0 Å². The molecular formula is C88H172O17P2. The molecule has 2 unspecified atom stereocenters. The Bertz CT molecular complexity index is 2080. The van der Waals surface area contributed by atoms with E-state index in [4.69, 9.17) is 37.0 Å². The molecule has 0 rings (SSSR count). The van der Waals surface area contributed by atoms with Crippen LogP contribution in [-0.2, 0) is 65.4 Å². The fourth-order valence-corrected chi connectivity index (χ4v) is 15.3. The van der Waals surface area contributed by atoms with Crippen molar-refractivity contribution in [2.45, 2.75) is 478 Å². The molecule has 0 bridgehead atoms. The van der Waals surface area contributed by atoms with Crippen molar-refractivity contribution < 1.29 is 80.2 Å². The van der Waals surface area contributed by atoms with Crippen LogP contribution >= 0.6 is 15.6 Å². The summed E-state index contributed by atoms with van der Waals surface area (Å²) in [6.45, 7) is 14.4. The molecule has 5 atom stereocenters. The van der Waals surface area contributed by atoms with E-state index < -0.39 is 97.5 Å². The molecule has 0 saturated heterocycles. The number of aliphatic hydroxyl groups is 1. The van der Waals surface area contributed by atoms with Crippen LogP contribution in [0.4, 0.5) is 0 Å². The predicted octanol–water partition coefficient (Wildman–Crippen LogP) is 26.7. The lowest BCUT2D eigenvalue weighted by Gasteiger charge is -2.21. The number of hydrogen-bond acceptors (Lipinski definition) is 15. The molecule has 0 aromatic carbocycles. The molecule has 0 spiro atoms. The van der Waals surface area contributed by atoms with E-state index in [1.54, 1.807) is 0 Å². The Hall–Kier alpha value is -1.94. The molecule has 0 aromatic heterocycles. The molecule has 0 saturated carbocycles. The molecule has 3 N–H and O–H groups in total. The molecule has 0 heterocycles. The van der Waals surface area contributed by atoms with Gasteiger partial charge in [0.25, 0.3) is 0 Å². The number of unbranched alkanes of at least 4 members (excludes halogenated alkanes) is 51. The number of esters is 4. The summed E-state index contributed by atoms with van der Waals surface area (Å²) in [5.74, 6) is 1.05. The van der Waals surface area contributed by atoms with Crippen molar-refractivity contribution in [1.82, 2.24) is 0 Å². The van der Waals surface area contributed by atoms with Gasteiger partial charge in [-0.3, -0.25) is 37.3 Å². The standard InChI is InChI=1S/C88H172O17P2/c1-78(2)64-56-48-40-32-25-19-14-11-9-10-12-16-23-29-37-46-54-62-70-87(92)104-83(74-98-85(90)68-60-52-44-36-28-22-17-13-15-20-26-33-41-49-57-65-79(3)4)76-102-106(94,95)100-72-82(89)73-101-107(96,97)103-77-84(75-99-86(91)69-61-53-45-39-31-35-43-51-59-67-81(7)8)105-88(93)71-63-55-47-38-30-24-18-21-27-34-42-50-58-66-80(5)6/h78-84,89H,9-77H2,1-8H3,(H,94,95)(H,96,97)/t82-,83-,84-/m1/s1. The summed E-state index contributed by atoms with van der Waals surface area (Å²) in [5, 5.41) is 10.7. The van der Waals surface area contributed by atoms with Crippen LogP contribution in [0.15, 0.2) is 0 Å². The van der Waals surface area contributed by atoms with Gasteiger partial charge in [0.2, 0.25) is 0 Å². The Labute approximate surface area is 658 Å². The van der Waals surface area contributed by atoms with Crippen LogP contribution in [0.25, 0.3) is 0 Å². The third-order valence-corrected chi connectivity index (χ3v) is 22.5. The van der Waals surface area contributed by atoms with Gasteiger partial charge in [-0.25, -0.2) is 9.13 Å². The second-order valence-electron chi connectivity index (χ2n) is 33.5. The van der Waals surface area contributed by atoms with Gasteiger partial charge in [-0.15, -0.1) is 0 Å². The summed E-state index contributed by atoms with van der Waals surface area (Å²) >= 11 is 0. The highest BCUT2D eigenvalue weighted by Crippen LogP contribution is 2.45. The monoisotopic (exact) mass is 1560 g/mol. The fraction of sp³-hybridized carbons (Fsp3) is 0.955. The van der Waals surface area contributed by atoms with Crippen molar-refractivity contribution in [1.29, 1.82) is 0 Å². The van der Waals surface area contributed by atoms with Gasteiger partial charge in [0.1, 0.15) is 19.3 Å². The van der Waals surface area contributed by atoms with E-state index in [1.807, 2.05) is 0 Å². The average molecular weight is 1560 g/mol. The first-order valence-electron chi connectivity index (χ1n) is 45.2. The lowest BCUT2D eigenvalue weighted by molar-refractivity contribution is -0.161. The highest BCUT2D eigenvalue weighted by atomic mass is 31.2. The van der Waals surface area contributed by atoms with Crippen LogP contribution in [0.5, 0.6) is 0 Å². The smallest absolute Gasteiger partial charge is 0.462 e. The molecule has 636 valence electrons. The zero-order valence-electron chi connectivity index (χ0n) is 70.8. The van der Waals surface area contributed by atoms with Crippen molar-refractivity contribution in [2.75, 3.05) is 39.6 Å². The van der Waals surface area contributed by atoms with Crippen LogP contribution in [0.1, 0.15) is 460 Å². The van der Waals surface area contributed by atoms with Crippen LogP contribution < -0.4 is 0 Å². The van der Waals surface area contributed by atoms with Gasteiger partial charge >= 0.3 is 39.5 Å². The quantitative estimate of drug-likeness (QED) is 0.0222. The SMILES string of the molecule is CC(C)CCCCCCCCCCCCCCCCCCCCC(=O)O[C@H](COC(=O)CCCCCCCCCCCCCCCCCC(C)C)COP(=O)(O)OC[C@@H](O)COP(=O)(O)OC[C@@H](COC(=O)CCCCCCCCCCCC(C)C)OC(=O)CCCCCCCCCCCCCCCC(C)C. The molecule has 107 heavy (non-hydrogen) atoms. The van der Waals surface area contributed by atoms with Crippen LogP contribution in [-0.4, -0.2) is 96.7 Å². The number of phosphoric ester groups is 2. The molecule has 17 nitrogen and oxygen atoms in total. The van der Waals surface area contributed by atoms with Crippen molar-refractivity contribution in [3.63, 3.8) is 0 Å². The number of rotatable bonds is 85. The van der Waals surface area contributed by atoms with Gasteiger partial charge in [-0.2, -0.15) is 0 Å². The third kappa shape index (κ3) is 81.9. The largest absolute Gasteiger partial charge is 0.472 e. The molecule has 0 fully saturated rings. The van der Waals surface area contributed by atoms with Crippen LogP contribution in [0, 0.1) is 23.7 Å². The molecule has 0 radical (unpaired) electrons. The maximum absolute atomic E-state index is 13.2. The summed E-state index contributed by atoms with van der Waals surface area (Å²) in [4.78, 5) is 73.3.